The molecule has 122 valence electrons. The van der Waals surface area contributed by atoms with Crippen molar-refractivity contribution in [3.05, 3.63) is 35.0 Å². The summed E-state index contributed by atoms with van der Waals surface area (Å²) in [5.41, 5.74) is 2.84. The molecule has 1 amide bonds. The van der Waals surface area contributed by atoms with E-state index in [4.69, 9.17) is 4.74 Å². The van der Waals surface area contributed by atoms with Crippen molar-refractivity contribution in [2.24, 2.45) is 0 Å². The number of amides is 1. The number of benzene rings is 1. The van der Waals surface area contributed by atoms with E-state index in [9.17, 15) is 9.90 Å². The van der Waals surface area contributed by atoms with Gasteiger partial charge in [0.2, 0.25) is 5.91 Å². The van der Waals surface area contributed by atoms with Crippen LogP contribution in [0.5, 0.6) is 11.5 Å². The van der Waals surface area contributed by atoms with Gasteiger partial charge in [0.1, 0.15) is 0 Å². The van der Waals surface area contributed by atoms with Gasteiger partial charge in [-0.2, -0.15) is 5.10 Å². The molecule has 0 bridgehead atoms. The van der Waals surface area contributed by atoms with E-state index in [1.165, 1.54) is 0 Å². The summed E-state index contributed by atoms with van der Waals surface area (Å²) in [5, 5.41) is 19.6. The summed E-state index contributed by atoms with van der Waals surface area (Å²) in [6.45, 7) is 6.16. The van der Waals surface area contributed by atoms with Gasteiger partial charge in [-0.1, -0.05) is 6.07 Å². The SMILES string of the molecule is CCOc1cc([C@H]2S[C@@H](C)C(=O)Nc3n[nH]c(C)c32)ccc1O. The number of hydrogen-bond donors (Lipinski definition) is 3. The van der Waals surface area contributed by atoms with Gasteiger partial charge in [0, 0.05) is 11.3 Å². The van der Waals surface area contributed by atoms with E-state index in [0.29, 0.717) is 18.2 Å². The van der Waals surface area contributed by atoms with Crippen LogP contribution in [0.3, 0.4) is 0 Å². The molecule has 3 rings (SSSR count). The number of anilines is 1. The third kappa shape index (κ3) is 2.88. The number of rotatable bonds is 3. The quantitative estimate of drug-likeness (QED) is 0.804. The number of hydrogen-bond acceptors (Lipinski definition) is 5. The van der Waals surface area contributed by atoms with Crippen LogP contribution in [0.15, 0.2) is 18.2 Å². The maximum atomic E-state index is 12.1. The molecule has 0 radical (unpaired) electrons. The number of nitrogens with one attached hydrogen (secondary N) is 2. The number of aromatic nitrogens is 2. The lowest BCUT2D eigenvalue weighted by Gasteiger charge is -2.19. The van der Waals surface area contributed by atoms with Gasteiger partial charge in [0.05, 0.1) is 17.1 Å². The number of carbonyl (C=O) groups excluding carboxylic acids is 1. The molecule has 2 atom stereocenters. The number of aryl methyl sites for hydroxylation is 1. The van der Waals surface area contributed by atoms with E-state index >= 15 is 0 Å². The molecule has 2 heterocycles. The Morgan fingerprint density at radius 3 is 2.96 bits per heavy atom. The van der Waals surface area contributed by atoms with Crippen molar-refractivity contribution in [3.8, 4) is 11.5 Å². The van der Waals surface area contributed by atoms with Crippen molar-refractivity contribution in [2.45, 2.75) is 31.3 Å². The van der Waals surface area contributed by atoms with Crippen molar-refractivity contribution in [1.82, 2.24) is 10.2 Å². The zero-order valence-corrected chi connectivity index (χ0v) is 14.0. The van der Waals surface area contributed by atoms with Crippen LogP contribution in [0.4, 0.5) is 5.82 Å². The molecular formula is C16H19N3O3S. The largest absolute Gasteiger partial charge is 0.504 e. The maximum absolute atomic E-state index is 12.1. The van der Waals surface area contributed by atoms with Crippen LogP contribution in [0.2, 0.25) is 0 Å². The van der Waals surface area contributed by atoms with Gasteiger partial charge in [-0.15, -0.1) is 11.8 Å². The number of carbonyl (C=O) groups is 1. The summed E-state index contributed by atoms with van der Waals surface area (Å²) < 4.78 is 5.48. The Labute approximate surface area is 138 Å². The number of thioether (sulfide) groups is 1. The van der Waals surface area contributed by atoms with E-state index in [-0.39, 0.29) is 22.2 Å². The van der Waals surface area contributed by atoms with Crippen molar-refractivity contribution in [1.29, 1.82) is 0 Å². The number of H-pyrrole nitrogens is 1. The molecule has 6 nitrogen and oxygen atoms in total. The molecule has 1 aliphatic heterocycles. The Kier molecular flexibility index (Phi) is 4.21. The van der Waals surface area contributed by atoms with E-state index in [2.05, 4.69) is 15.5 Å². The molecule has 0 spiro atoms. The maximum Gasteiger partial charge on any atom is 0.238 e. The second-order valence-electron chi connectivity index (χ2n) is 5.42. The minimum atomic E-state index is -0.210. The van der Waals surface area contributed by atoms with Crippen LogP contribution in [-0.4, -0.2) is 33.1 Å². The monoisotopic (exact) mass is 333 g/mol. The van der Waals surface area contributed by atoms with E-state index < -0.39 is 0 Å². The Hall–Kier alpha value is -2.15. The molecule has 23 heavy (non-hydrogen) atoms. The molecule has 1 aromatic heterocycles. The van der Waals surface area contributed by atoms with Crippen LogP contribution in [0.25, 0.3) is 0 Å². The normalized spacial score (nSPS) is 20.6. The summed E-state index contributed by atoms with van der Waals surface area (Å²) in [4.78, 5) is 12.1. The highest BCUT2D eigenvalue weighted by molar-refractivity contribution is 8.01. The minimum absolute atomic E-state index is 0.0611. The van der Waals surface area contributed by atoms with Gasteiger partial charge >= 0.3 is 0 Å². The summed E-state index contributed by atoms with van der Waals surface area (Å²) in [6.07, 6.45) is 0. The van der Waals surface area contributed by atoms with E-state index in [0.717, 1.165) is 16.8 Å². The van der Waals surface area contributed by atoms with Crippen LogP contribution in [0, 0.1) is 6.92 Å². The summed E-state index contributed by atoms with van der Waals surface area (Å²) in [6, 6.07) is 5.31. The Morgan fingerprint density at radius 1 is 1.43 bits per heavy atom. The van der Waals surface area contributed by atoms with Gasteiger partial charge in [-0.25, -0.2) is 0 Å². The third-order valence-electron chi connectivity index (χ3n) is 3.79. The fourth-order valence-electron chi connectivity index (χ4n) is 2.62. The van der Waals surface area contributed by atoms with Crippen LogP contribution >= 0.6 is 11.8 Å². The first-order valence-corrected chi connectivity index (χ1v) is 8.42. The van der Waals surface area contributed by atoms with Gasteiger partial charge < -0.3 is 15.2 Å². The molecule has 0 unspecified atom stereocenters. The number of phenols is 1. The van der Waals surface area contributed by atoms with Crippen molar-refractivity contribution < 1.29 is 14.6 Å². The number of aromatic hydroxyl groups is 1. The standard InChI is InChI=1S/C16H19N3O3S/c1-4-22-12-7-10(5-6-11(12)20)14-13-8(2)18-19-15(13)17-16(21)9(3)23-14/h5-7,9,14,20H,4H2,1-3H3,(H2,17,18,19,21)/t9-,14+/m0/s1. The Morgan fingerprint density at radius 2 is 2.22 bits per heavy atom. The minimum Gasteiger partial charge on any atom is -0.504 e. The number of ether oxygens (including phenoxy) is 1. The lowest BCUT2D eigenvalue weighted by molar-refractivity contribution is -0.115. The molecule has 3 N–H and O–H groups in total. The second kappa shape index (κ2) is 6.16. The lowest BCUT2D eigenvalue weighted by atomic mass is 10.0. The number of fused-ring (bicyclic) bond motifs is 1. The first-order valence-electron chi connectivity index (χ1n) is 7.48. The number of phenolic OH excluding ortho intramolecular Hbond substituents is 1. The average Bonchev–Trinajstić information content (AvgIpc) is 2.81. The first kappa shape index (κ1) is 15.7. The molecule has 0 fully saturated rings. The molecule has 0 saturated carbocycles. The predicted octanol–water partition coefficient (Wildman–Crippen LogP) is 2.99. The third-order valence-corrected chi connectivity index (χ3v) is 5.20. The second-order valence-corrected chi connectivity index (χ2v) is 6.87. The molecule has 2 aromatic rings. The average molecular weight is 333 g/mol. The van der Waals surface area contributed by atoms with Gasteiger partial charge in [-0.3, -0.25) is 9.89 Å². The Bertz CT molecular complexity index is 744. The lowest BCUT2D eigenvalue weighted by Crippen LogP contribution is -2.21. The molecular weight excluding hydrogens is 314 g/mol. The summed E-state index contributed by atoms with van der Waals surface area (Å²) >= 11 is 1.55. The first-order chi connectivity index (χ1) is 11.0. The molecule has 0 aliphatic carbocycles. The predicted molar refractivity (Wildman–Crippen MR) is 90.1 cm³/mol. The summed E-state index contributed by atoms with van der Waals surface area (Å²) in [5.74, 6) is 1.07. The highest BCUT2D eigenvalue weighted by Crippen LogP contribution is 2.46. The fraction of sp³-hybridized carbons (Fsp3) is 0.375. The van der Waals surface area contributed by atoms with Crippen molar-refractivity contribution in [3.63, 3.8) is 0 Å². The zero-order valence-electron chi connectivity index (χ0n) is 13.2. The fourth-order valence-corrected chi connectivity index (χ4v) is 3.94. The van der Waals surface area contributed by atoms with E-state index in [1.54, 1.807) is 17.8 Å². The van der Waals surface area contributed by atoms with Crippen LogP contribution in [-0.2, 0) is 4.79 Å². The van der Waals surface area contributed by atoms with E-state index in [1.807, 2.05) is 32.9 Å². The number of aromatic amines is 1. The smallest absolute Gasteiger partial charge is 0.238 e. The molecule has 7 heteroatoms. The molecule has 0 saturated heterocycles. The van der Waals surface area contributed by atoms with Gasteiger partial charge in [0.15, 0.2) is 17.3 Å². The van der Waals surface area contributed by atoms with Gasteiger partial charge in [0.25, 0.3) is 0 Å². The van der Waals surface area contributed by atoms with Crippen molar-refractivity contribution in [2.75, 3.05) is 11.9 Å². The van der Waals surface area contributed by atoms with Crippen LogP contribution in [0.1, 0.15) is 35.9 Å². The highest BCUT2D eigenvalue weighted by Gasteiger charge is 2.32. The zero-order chi connectivity index (χ0) is 16.6. The molecule has 1 aromatic carbocycles. The Balaban J connectivity index is 2.09. The number of nitrogens with zero attached hydrogens (tertiary/aromatic N) is 1. The summed E-state index contributed by atoms with van der Waals surface area (Å²) in [7, 11) is 0. The van der Waals surface area contributed by atoms with Crippen molar-refractivity contribution >= 4 is 23.5 Å². The molecule has 1 aliphatic rings. The topological polar surface area (TPSA) is 87.2 Å². The van der Waals surface area contributed by atoms with Crippen LogP contribution < -0.4 is 10.1 Å². The van der Waals surface area contributed by atoms with Gasteiger partial charge in [-0.05, 0) is 38.5 Å². The highest BCUT2D eigenvalue weighted by atomic mass is 32.2.